The Morgan fingerprint density at radius 3 is 2.47 bits per heavy atom. The van der Waals surface area contributed by atoms with Crippen molar-refractivity contribution in [2.24, 2.45) is 0 Å². The molecule has 2 rings (SSSR count). The maximum Gasteiger partial charge on any atom is 0.135 e. The Balaban J connectivity index is 2.16. The van der Waals surface area contributed by atoms with Gasteiger partial charge in [0, 0.05) is 0 Å². The van der Waals surface area contributed by atoms with Crippen LogP contribution in [0.3, 0.4) is 0 Å². The van der Waals surface area contributed by atoms with Crippen molar-refractivity contribution in [1.29, 1.82) is 0 Å². The average Bonchev–Trinajstić information content (AvgIpc) is 2.75. The summed E-state index contributed by atoms with van der Waals surface area (Å²) < 4.78 is 6.52. The summed E-state index contributed by atoms with van der Waals surface area (Å²) in [6.45, 7) is 2.10. The number of aryl methyl sites for hydroxylation is 1. The molecule has 0 fully saturated rings. The van der Waals surface area contributed by atoms with Gasteiger partial charge in [-0.25, -0.2) is 0 Å². The summed E-state index contributed by atoms with van der Waals surface area (Å²) in [6.07, 6.45) is 2.63. The third-order valence-corrected chi connectivity index (χ3v) is 3.53. The van der Waals surface area contributed by atoms with Crippen molar-refractivity contribution in [3.8, 4) is 0 Å². The van der Waals surface area contributed by atoms with Crippen molar-refractivity contribution in [3.05, 3.63) is 58.0 Å². The van der Waals surface area contributed by atoms with Gasteiger partial charge >= 0.3 is 0 Å². The van der Waals surface area contributed by atoms with Crippen molar-refractivity contribution < 1.29 is 4.42 Å². The third-order valence-electron chi connectivity index (χ3n) is 2.87. The normalized spacial score (nSPS) is 12.6. The van der Waals surface area contributed by atoms with Crippen LogP contribution in [-0.2, 0) is 6.42 Å². The molecule has 1 atom stereocenters. The van der Waals surface area contributed by atoms with Gasteiger partial charge in [-0.3, -0.25) is 0 Å². The van der Waals surface area contributed by atoms with Gasteiger partial charge < -0.3 is 9.73 Å². The van der Waals surface area contributed by atoms with E-state index in [1.165, 1.54) is 11.1 Å². The minimum absolute atomic E-state index is 0.196. The van der Waals surface area contributed by atoms with Crippen LogP contribution in [-0.4, -0.2) is 7.05 Å². The first-order chi connectivity index (χ1) is 8.20. The lowest BCUT2D eigenvalue weighted by molar-refractivity contribution is 0.427. The van der Waals surface area contributed by atoms with Gasteiger partial charge in [0.25, 0.3) is 0 Å². The van der Waals surface area contributed by atoms with Gasteiger partial charge in [-0.1, -0.05) is 29.8 Å². The molecule has 17 heavy (non-hydrogen) atoms. The first-order valence-electron chi connectivity index (χ1n) is 5.66. The van der Waals surface area contributed by atoms with Gasteiger partial charge in [0.15, 0.2) is 0 Å². The zero-order valence-electron chi connectivity index (χ0n) is 10.0. The monoisotopic (exact) mass is 293 g/mol. The van der Waals surface area contributed by atoms with Gasteiger partial charge in [0.1, 0.15) is 5.76 Å². The first kappa shape index (κ1) is 12.4. The van der Waals surface area contributed by atoms with Crippen LogP contribution in [0.4, 0.5) is 0 Å². The van der Waals surface area contributed by atoms with E-state index in [0.29, 0.717) is 0 Å². The highest BCUT2D eigenvalue weighted by molar-refractivity contribution is 9.10. The molecule has 1 N–H and O–H groups in total. The van der Waals surface area contributed by atoms with E-state index < -0.39 is 0 Å². The van der Waals surface area contributed by atoms with Crippen molar-refractivity contribution in [2.75, 3.05) is 7.05 Å². The molecule has 0 spiro atoms. The van der Waals surface area contributed by atoms with Gasteiger partial charge in [-0.15, -0.1) is 0 Å². The van der Waals surface area contributed by atoms with Gasteiger partial charge in [0.05, 0.1) is 16.8 Å². The Labute approximate surface area is 110 Å². The lowest BCUT2D eigenvalue weighted by atomic mass is 10.0. The summed E-state index contributed by atoms with van der Waals surface area (Å²) in [5.41, 5.74) is 2.59. The summed E-state index contributed by atoms with van der Waals surface area (Å²) in [5, 5.41) is 3.28. The minimum Gasteiger partial charge on any atom is -0.466 e. The number of halogens is 1. The molecule has 0 bridgehead atoms. The van der Waals surface area contributed by atoms with E-state index in [-0.39, 0.29) is 6.04 Å². The fraction of sp³-hybridized carbons (Fsp3) is 0.286. The minimum atomic E-state index is 0.196. The lowest BCUT2D eigenvalue weighted by Crippen LogP contribution is -2.18. The largest absolute Gasteiger partial charge is 0.466 e. The second kappa shape index (κ2) is 5.52. The molecule has 0 saturated heterocycles. The Hall–Kier alpha value is -1.06. The maximum absolute atomic E-state index is 5.50. The first-order valence-corrected chi connectivity index (χ1v) is 6.45. The molecule has 0 aliphatic heterocycles. The van der Waals surface area contributed by atoms with E-state index in [0.717, 1.165) is 16.7 Å². The van der Waals surface area contributed by atoms with Crippen LogP contribution in [0, 0.1) is 6.92 Å². The molecule has 1 aromatic heterocycles. The fourth-order valence-corrected chi connectivity index (χ4v) is 2.32. The molecule has 0 saturated carbocycles. The van der Waals surface area contributed by atoms with E-state index >= 15 is 0 Å². The molecule has 1 heterocycles. The summed E-state index contributed by atoms with van der Waals surface area (Å²) in [5.74, 6) is 0.952. The number of hydrogen-bond donors (Lipinski definition) is 1. The van der Waals surface area contributed by atoms with Crippen LogP contribution in [0.5, 0.6) is 0 Å². The lowest BCUT2D eigenvalue weighted by Gasteiger charge is -2.14. The van der Waals surface area contributed by atoms with Gasteiger partial charge in [0.2, 0.25) is 0 Å². The Kier molecular flexibility index (Phi) is 4.02. The average molecular weight is 294 g/mol. The van der Waals surface area contributed by atoms with E-state index in [4.69, 9.17) is 4.42 Å². The fourth-order valence-electron chi connectivity index (χ4n) is 1.84. The summed E-state index contributed by atoms with van der Waals surface area (Å²) >= 11 is 3.50. The molecular weight excluding hydrogens is 278 g/mol. The molecule has 0 radical (unpaired) electrons. The zero-order valence-corrected chi connectivity index (χ0v) is 11.6. The Morgan fingerprint density at radius 1 is 1.24 bits per heavy atom. The number of rotatable bonds is 4. The highest BCUT2D eigenvalue weighted by Gasteiger charge is 2.16. The van der Waals surface area contributed by atoms with Gasteiger partial charge in [-0.05, 0) is 48.0 Å². The van der Waals surface area contributed by atoms with Crippen molar-refractivity contribution >= 4 is 15.9 Å². The van der Waals surface area contributed by atoms with Crippen molar-refractivity contribution in [2.45, 2.75) is 19.4 Å². The van der Waals surface area contributed by atoms with E-state index in [1.807, 2.05) is 13.1 Å². The molecule has 0 aliphatic carbocycles. The topological polar surface area (TPSA) is 25.2 Å². The molecule has 90 valence electrons. The molecule has 3 heteroatoms. The van der Waals surface area contributed by atoms with Crippen molar-refractivity contribution in [3.63, 3.8) is 0 Å². The second-order valence-electron chi connectivity index (χ2n) is 4.16. The van der Waals surface area contributed by atoms with Gasteiger partial charge in [-0.2, -0.15) is 0 Å². The third kappa shape index (κ3) is 2.99. The molecule has 2 nitrogen and oxygen atoms in total. The van der Waals surface area contributed by atoms with Crippen LogP contribution < -0.4 is 5.32 Å². The van der Waals surface area contributed by atoms with E-state index in [2.05, 4.69) is 52.4 Å². The number of furan rings is 1. The summed E-state index contributed by atoms with van der Waals surface area (Å²) in [7, 11) is 1.95. The van der Waals surface area contributed by atoms with Crippen LogP contribution in [0.25, 0.3) is 0 Å². The highest BCUT2D eigenvalue weighted by Crippen LogP contribution is 2.26. The molecule has 1 unspecified atom stereocenters. The van der Waals surface area contributed by atoms with Crippen molar-refractivity contribution in [1.82, 2.24) is 5.32 Å². The smallest absolute Gasteiger partial charge is 0.135 e. The van der Waals surface area contributed by atoms with Crippen LogP contribution >= 0.6 is 15.9 Å². The number of likely N-dealkylation sites (N-methyl/N-ethyl adjacent to an activating group) is 1. The molecule has 0 aliphatic rings. The molecular formula is C14H16BrNO. The zero-order chi connectivity index (χ0) is 12.3. The van der Waals surface area contributed by atoms with Crippen LogP contribution in [0.2, 0.25) is 0 Å². The number of hydrogen-bond acceptors (Lipinski definition) is 2. The van der Waals surface area contributed by atoms with E-state index in [1.54, 1.807) is 6.26 Å². The predicted molar refractivity (Wildman–Crippen MR) is 73.1 cm³/mol. The Bertz CT molecular complexity index is 475. The SMILES string of the molecule is CNC(Cc1ccc(C)cc1)c1occc1Br. The maximum atomic E-state index is 5.50. The second-order valence-corrected chi connectivity index (χ2v) is 5.02. The molecule has 1 aromatic carbocycles. The number of nitrogens with one attached hydrogen (secondary N) is 1. The summed E-state index contributed by atoms with van der Waals surface area (Å²) in [6, 6.07) is 10.7. The standard InChI is InChI=1S/C14H16BrNO/c1-10-3-5-11(6-4-10)9-13(16-2)14-12(15)7-8-17-14/h3-8,13,16H,9H2,1-2H3. The van der Waals surface area contributed by atoms with Crippen LogP contribution in [0.15, 0.2) is 45.5 Å². The summed E-state index contributed by atoms with van der Waals surface area (Å²) in [4.78, 5) is 0. The number of benzene rings is 1. The van der Waals surface area contributed by atoms with E-state index in [9.17, 15) is 0 Å². The van der Waals surface area contributed by atoms with Crippen LogP contribution in [0.1, 0.15) is 22.9 Å². The quantitative estimate of drug-likeness (QED) is 0.926. The predicted octanol–water partition coefficient (Wildman–Crippen LogP) is 3.85. The Morgan fingerprint density at radius 2 is 1.94 bits per heavy atom. The highest BCUT2D eigenvalue weighted by atomic mass is 79.9. The molecule has 2 aromatic rings. The molecule has 0 amide bonds.